The minimum absolute atomic E-state index is 0.0851. The Hall–Kier alpha value is -3.60. The topological polar surface area (TPSA) is 126 Å². The molecule has 0 N–H and O–H groups in total. The standard InChI is InChI=1S/C23H23BrN4O6/c1-5-13(2)21-26-18-10-9-16(24)11-17(18)22(29)27(21)25-12-15-7-6-8-19(28(31)32)20(15)34-14(3)23(30)33-4/h6-14H,5H2,1-4H3/t13-,14-/m0/s1. The average molecular weight is 531 g/mol. The number of fused-ring (bicyclic) bond motifs is 1. The van der Waals surface area contributed by atoms with Gasteiger partial charge in [0.15, 0.2) is 6.10 Å². The Kier molecular flexibility index (Phi) is 7.77. The molecule has 0 saturated carbocycles. The predicted octanol–water partition coefficient (Wildman–Crippen LogP) is 4.40. The smallest absolute Gasteiger partial charge is 0.346 e. The summed E-state index contributed by atoms with van der Waals surface area (Å²) in [6.45, 7) is 5.32. The van der Waals surface area contributed by atoms with Crippen LogP contribution in [0.1, 0.15) is 44.5 Å². The molecule has 0 unspecified atom stereocenters. The van der Waals surface area contributed by atoms with Crippen molar-refractivity contribution < 1.29 is 19.2 Å². The van der Waals surface area contributed by atoms with Gasteiger partial charge in [0.2, 0.25) is 5.75 Å². The number of aromatic nitrogens is 2. The van der Waals surface area contributed by atoms with Gasteiger partial charge in [0.25, 0.3) is 5.56 Å². The van der Waals surface area contributed by atoms with Gasteiger partial charge in [-0.3, -0.25) is 14.9 Å². The molecular weight excluding hydrogens is 508 g/mol. The van der Waals surface area contributed by atoms with Crippen molar-refractivity contribution in [2.24, 2.45) is 5.10 Å². The maximum atomic E-state index is 13.3. The third kappa shape index (κ3) is 5.14. The molecule has 3 aromatic rings. The molecule has 34 heavy (non-hydrogen) atoms. The molecule has 0 radical (unpaired) electrons. The summed E-state index contributed by atoms with van der Waals surface area (Å²) in [6.07, 6.45) is 0.896. The summed E-state index contributed by atoms with van der Waals surface area (Å²) in [7, 11) is 1.19. The van der Waals surface area contributed by atoms with Crippen LogP contribution in [0, 0.1) is 10.1 Å². The molecule has 0 spiro atoms. The number of para-hydroxylation sites is 1. The third-order valence-corrected chi connectivity index (χ3v) is 5.74. The quantitative estimate of drug-likeness (QED) is 0.183. The molecule has 0 aliphatic heterocycles. The van der Waals surface area contributed by atoms with Crippen molar-refractivity contribution in [3.05, 3.63) is 72.7 Å². The van der Waals surface area contributed by atoms with Crippen LogP contribution >= 0.6 is 15.9 Å². The highest BCUT2D eigenvalue weighted by molar-refractivity contribution is 9.10. The molecule has 0 saturated heterocycles. The Morgan fingerprint density at radius 3 is 2.71 bits per heavy atom. The zero-order chi connectivity index (χ0) is 25.0. The van der Waals surface area contributed by atoms with Gasteiger partial charge < -0.3 is 9.47 Å². The summed E-state index contributed by atoms with van der Waals surface area (Å²) in [5, 5.41) is 16.3. The molecule has 178 valence electrons. The van der Waals surface area contributed by atoms with Gasteiger partial charge >= 0.3 is 11.7 Å². The SMILES string of the molecule is CC[C@H](C)c1nc2ccc(Br)cc2c(=O)n1N=Cc1cccc([N+](=O)[O-])c1O[C@@H](C)C(=O)OC. The van der Waals surface area contributed by atoms with Gasteiger partial charge in [0.05, 0.1) is 29.2 Å². The minimum Gasteiger partial charge on any atom is -0.471 e. The van der Waals surface area contributed by atoms with Gasteiger partial charge in [-0.05, 0) is 37.6 Å². The van der Waals surface area contributed by atoms with Gasteiger partial charge in [-0.25, -0.2) is 9.78 Å². The van der Waals surface area contributed by atoms with Crippen molar-refractivity contribution in [3.8, 4) is 5.75 Å². The number of carbonyl (C=O) groups excluding carboxylic acids is 1. The Morgan fingerprint density at radius 1 is 1.32 bits per heavy atom. The first kappa shape index (κ1) is 25.0. The summed E-state index contributed by atoms with van der Waals surface area (Å²) < 4.78 is 12.1. The molecule has 0 aliphatic rings. The largest absolute Gasteiger partial charge is 0.471 e. The van der Waals surface area contributed by atoms with E-state index in [2.05, 4.69) is 30.8 Å². The highest BCUT2D eigenvalue weighted by Gasteiger charge is 2.24. The Bertz CT molecular complexity index is 1340. The van der Waals surface area contributed by atoms with Crippen molar-refractivity contribution in [1.82, 2.24) is 9.66 Å². The average Bonchev–Trinajstić information content (AvgIpc) is 2.82. The Balaban J connectivity index is 2.19. The molecule has 3 rings (SSSR count). The van der Waals surface area contributed by atoms with Crippen molar-refractivity contribution in [3.63, 3.8) is 0 Å². The lowest BCUT2D eigenvalue weighted by Gasteiger charge is -2.15. The highest BCUT2D eigenvalue weighted by atomic mass is 79.9. The normalized spacial score (nSPS) is 13.1. The molecule has 0 fully saturated rings. The van der Waals surface area contributed by atoms with Crippen LogP contribution in [0.25, 0.3) is 10.9 Å². The summed E-state index contributed by atoms with van der Waals surface area (Å²) in [5.74, 6) is -0.489. The van der Waals surface area contributed by atoms with E-state index in [-0.39, 0.29) is 28.5 Å². The Labute approximate surface area is 203 Å². The van der Waals surface area contributed by atoms with Crippen LogP contribution in [0.2, 0.25) is 0 Å². The van der Waals surface area contributed by atoms with Crippen molar-refractivity contribution >= 4 is 44.7 Å². The van der Waals surface area contributed by atoms with Gasteiger partial charge in [-0.1, -0.05) is 35.8 Å². The van der Waals surface area contributed by atoms with E-state index in [1.807, 2.05) is 13.8 Å². The van der Waals surface area contributed by atoms with Crippen LogP contribution in [-0.4, -0.2) is 40.0 Å². The fraction of sp³-hybridized carbons (Fsp3) is 0.304. The molecule has 0 bridgehead atoms. The number of hydrogen-bond donors (Lipinski definition) is 0. The van der Waals surface area contributed by atoms with Gasteiger partial charge in [-0.15, -0.1) is 0 Å². The molecule has 1 heterocycles. The molecule has 2 atom stereocenters. The molecule has 1 aromatic heterocycles. The van der Waals surface area contributed by atoms with E-state index in [9.17, 15) is 19.7 Å². The van der Waals surface area contributed by atoms with Crippen LogP contribution in [-0.2, 0) is 9.53 Å². The monoisotopic (exact) mass is 530 g/mol. The van der Waals surface area contributed by atoms with E-state index < -0.39 is 17.0 Å². The first-order valence-electron chi connectivity index (χ1n) is 10.5. The number of nitro groups is 1. The number of halogens is 1. The molecule has 0 amide bonds. The number of rotatable bonds is 8. The lowest BCUT2D eigenvalue weighted by atomic mass is 10.1. The number of ether oxygens (including phenoxy) is 2. The summed E-state index contributed by atoms with van der Waals surface area (Å²) in [6, 6.07) is 9.47. The molecule has 0 aliphatic carbocycles. The molecule has 11 heteroatoms. The number of nitro benzene ring substituents is 1. The zero-order valence-corrected chi connectivity index (χ0v) is 20.6. The van der Waals surface area contributed by atoms with Crippen molar-refractivity contribution in [2.75, 3.05) is 7.11 Å². The molecular formula is C23H23BrN4O6. The molecule has 2 aromatic carbocycles. The van der Waals surface area contributed by atoms with Gasteiger partial charge in [0, 0.05) is 22.0 Å². The highest BCUT2D eigenvalue weighted by Crippen LogP contribution is 2.31. The number of benzene rings is 2. The lowest BCUT2D eigenvalue weighted by molar-refractivity contribution is -0.386. The third-order valence-electron chi connectivity index (χ3n) is 5.25. The predicted molar refractivity (Wildman–Crippen MR) is 131 cm³/mol. The van der Waals surface area contributed by atoms with E-state index in [0.717, 1.165) is 4.47 Å². The van der Waals surface area contributed by atoms with Crippen LogP contribution in [0.4, 0.5) is 5.69 Å². The fourth-order valence-electron chi connectivity index (χ4n) is 3.21. The minimum atomic E-state index is -1.10. The number of esters is 1. The zero-order valence-electron chi connectivity index (χ0n) is 19.0. The number of nitrogens with zero attached hydrogens (tertiary/aromatic N) is 4. The van der Waals surface area contributed by atoms with Gasteiger partial charge in [0.1, 0.15) is 5.82 Å². The lowest BCUT2D eigenvalue weighted by Crippen LogP contribution is -2.26. The summed E-state index contributed by atoms with van der Waals surface area (Å²) >= 11 is 3.37. The van der Waals surface area contributed by atoms with E-state index in [1.165, 1.54) is 43.1 Å². The molecule has 10 nitrogen and oxygen atoms in total. The van der Waals surface area contributed by atoms with Crippen LogP contribution in [0.5, 0.6) is 5.75 Å². The van der Waals surface area contributed by atoms with Crippen molar-refractivity contribution in [1.29, 1.82) is 0 Å². The van der Waals surface area contributed by atoms with E-state index in [4.69, 9.17) is 4.74 Å². The maximum Gasteiger partial charge on any atom is 0.346 e. The van der Waals surface area contributed by atoms with Crippen LogP contribution in [0.15, 0.2) is 50.8 Å². The van der Waals surface area contributed by atoms with E-state index in [0.29, 0.717) is 23.1 Å². The second kappa shape index (κ2) is 10.6. The number of methoxy groups -OCH3 is 1. The Morgan fingerprint density at radius 2 is 2.06 bits per heavy atom. The van der Waals surface area contributed by atoms with Gasteiger partial charge in [-0.2, -0.15) is 9.78 Å². The van der Waals surface area contributed by atoms with Crippen LogP contribution < -0.4 is 10.3 Å². The summed E-state index contributed by atoms with van der Waals surface area (Å²) in [5.41, 5.74) is 0.0194. The number of hydrogen-bond acceptors (Lipinski definition) is 8. The second-order valence-corrected chi connectivity index (χ2v) is 8.45. The first-order valence-corrected chi connectivity index (χ1v) is 11.3. The van der Waals surface area contributed by atoms with E-state index in [1.54, 1.807) is 18.2 Å². The second-order valence-electron chi connectivity index (χ2n) is 7.54. The number of carbonyl (C=O) groups is 1. The fourth-order valence-corrected chi connectivity index (χ4v) is 3.57. The van der Waals surface area contributed by atoms with Crippen LogP contribution in [0.3, 0.4) is 0 Å². The summed E-state index contributed by atoms with van der Waals surface area (Å²) in [4.78, 5) is 40.7. The van der Waals surface area contributed by atoms with E-state index >= 15 is 0 Å². The van der Waals surface area contributed by atoms with Crippen molar-refractivity contribution in [2.45, 2.75) is 39.2 Å². The first-order chi connectivity index (χ1) is 16.2. The maximum absolute atomic E-state index is 13.3.